The summed E-state index contributed by atoms with van der Waals surface area (Å²) in [7, 11) is 0. The van der Waals surface area contributed by atoms with Gasteiger partial charge in [0.1, 0.15) is 5.82 Å². The van der Waals surface area contributed by atoms with Gasteiger partial charge in [-0.25, -0.2) is 4.39 Å². The lowest BCUT2D eigenvalue weighted by atomic mass is 10.0. The van der Waals surface area contributed by atoms with E-state index in [1.165, 1.54) is 6.07 Å². The summed E-state index contributed by atoms with van der Waals surface area (Å²) < 4.78 is 13.7. The Labute approximate surface area is 116 Å². The Bertz CT molecular complexity index is 593. The molecule has 0 aliphatic carbocycles. The molecule has 0 saturated heterocycles. The van der Waals surface area contributed by atoms with Crippen LogP contribution in [0.5, 0.6) is 0 Å². The number of nitrogens with zero attached hydrogens (tertiary/aromatic N) is 1. The third-order valence-corrected chi connectivity index (χ3v) is 2.99. The minimum Gasteiger partial charge on any atom is -0.375 e. The summed E-state index contributed by atoms with van der Waals surface area (Å²) in [5.74, 6) is -0.425. The second-order valence-corrected chi connectivity index (χ2v) is 4.53. The van der Waals surface area contributed by atoms with Gasteiger partial charge in [-0.1, -0.05) is 41.9 Å². The quantitative estimate of drug-likeness (QED) is 0.888. The minimum atomic E-state index is -0.425. The Morgan fingerprint density at radius 1 is 1.21 bits per heavy atom. The molecule has 19 heavy (non-hydrogen) atoms. The van der Waals surface area contributed by atoms with Gasteiger partial charge in [0.2, 0.25) is 0 Å². The summed E-state index contributed by atoms with van der Waals surface area (Å²) in [4.78, 5) is 0. The first kappa shape index (κ1) is 13.4. The minimum absolute atomic E-state index is 0.248. The Morgan fingerprint density at radius 3 is 2.58 bits per heavy atom. The molecule has 0 amide bonds. The molecule has 0 aliphatic heterocycles. The van der Waals surface area contributed by atoms with Gasteiger partial charge in [0.15, 0.2) is 0 Å². The third kappa shape index (κ3) is 3.46. The molecular formula is C15H12ClFN2. The molecule has 2 rings (SSSR count). The van der Waals surface area contributed by atoms with Crippen LogP contribution in [0, 0.1) is 17.1 Å². The van der Waals surface area contributed by atoms with Crippen LogP contribution in [-0.2, 0) is 0 Å². The fourth-order valence-electron chi connectivity index (χ4n) is 1.82. The molecule has 2 aromatic carbocycles. The maximum atomic E-state index is 13.7. The van der Waals surface area contributed by atoms with Gasteiger partial charge in [0.25, 0.3) is 0 Å². The van der Waals surface area contributed by atoms with Gasteiger partial charge in [-0.15, -0.1) is 0 Å². The molecule has 96 valence electrons. The summed E-state index contributed by atoms with van der Waals surface area (Å²) in [6, 6.07) is 15.8. The Balaban J connectivity index is 2.24. The Morgan fingerprint density at radius 2 is 1.95 bits per heavy atom. The number of hydrogen-bond donors (Lipinski definition) is 1. The lowest BCUT2D eigenvalue weighted by Gasteiger charge is -2.18. The lowest BCUT2D eigenvalue weighted by molar-refractivity contribution is 0.626. The molecule has 0 radical (unpaired) electrons. The molecule has 0 heterocycles. The number of anilines is 1. The number of nitriles is 1. The molecule has 0 saturated carbocycles. The van der Waals surface area contributed by atoms with E-state index >= 15 is 0 Å². The van der Waals surface area contributed by atoms with E-state index in [9.17, 15) is 4.39 Å². The first-order valence-electron chi connectivity index (χ1n) is 5.84. The highest BCUT2D eigenvalue weighted by atomic mass is 35.5. The molecule has 0 fully saturated rings. The fourth-order valence-corrected chi connectivity index (χ4v) is 1.98. The van der Waals surface area contributed by atoms with Crippen molar-refractivity contribution in [1.82, 2.24) is 0 Å². The standard InChI is InChI=1S/C15H12ClFN2/c16-12-6-7-15(13(17)10-12)19-14(8-9-18)11-4-2-1-3-5-11/h1-7,10,14,19H,8H2. The SMILES string of the molecule is N#CCC(Nc1ccc(Cl)cc1F)c1ccccc1. The van der Waals surface area contributed by atoms with E-state index in [-0.39, 0.29) is 12.5 Å². The number of hydrogen-bond acceptors (Lipinski definition) is 2. The van der Waals surface area contributed by atoms with Crippen LogP contribution < -0.4 is 5.32 Å². The molecule has 1 unspecified atom stereocenters. The molecule has 2 nitrogen and oxygen atoms in total. The van der Waals surface area contributed by atoms with Crippen LogP contribution in [0.3, 0.4) is 0 Å². The van der Waals surface area contributed by atoms with Crippen LogP contribution in [0.2, 0.25) is 5.02 Å². The van der Waals surface area contributed by atoms with Crippen molar-refractivity contribution in [2.24, 2.45) is 0 Å². The van der Waals surface area contributed by atoms with Crippen LogP contribution in [0.4, 0.5) is 10.1 Å². The van der Waals surface area contributed by atoms with Crippen molar-refractivity contribution in [3.8, 4) is 6.07 Å². The fraction of sp³-hybridized carbons (Fsp3) is 0.133. The molecule has 0 bridgehead atoms. The van der Waals surface area contributed by atoms with Crippen molar-refractivity contribution in [3.05, 3.63) is 64.9 Å². The zero-order valence-corrected chi connectivity index (χ0v) is 10.9. The molecular weight excluding hydrogens is 263 g/mol. The number of benzene rings is 2. The van der Waals surface area contributed by atoms with Crippen molar-refractivity contribution in [2.75, 3.05) is 5.32 Å². The summed E-state index contributed by atoms with van der Waals surface area (Å²) in [6.07, 6.45) is 0.256. The van der Waals surface area contributed by atoms with Crippen molar-refractivity contribution < 1.29 is 4.39 Å². The van der Waals surface area contributed by atoms with Gasteiger partial charge >= 0.3 is 0 Å². The van der Waals surface area contributed by atoms with Crippen LogP contribution >= 0.6 is 11.6 Å². The normalized spacial score (nSPS) is 11.6. The summed E-state index contributed by atoms with van der Waals surface area (Å²) >= 11 is 5.71. The van der Waals surface area contributed by atoms with Crippen molar-refractivity contribution in [3.63, 3.8) is 0 Å². The average molecular weight is 275 g/mol. The first-order chi connectivity index (χ1) is 9.20. The highest BCUT2D eigenvalue weighted by molar-refractivity contribution is 6.30. The smallest absolute Gasteiger partial charge is 0.147 e. The third-order valence-electron chi connectivity index (χ3n) is 2.76. The van der Waals surface area contributed by atoms with Crippen molar-refractivity contribution >= 4 is 17.3 Å². The second kappa shape index (κ2) is 6.21. The number of halogens is 2. The molecule has 4 heteroatoms. The molecule has 0 aromatic heterocycles. The monoisotopic (exact) mass is 274 g/mol. The zero-order valence-electron chi connectivity index (χ0n) is 10.1. The van der Waals surface area contributed by atoms with Gasteiger partial charge in [-0.05, 0) is 23.8 Å². The van der Waals surface area contributed by atoms with Crippen LogP contribution in [0.15, 0.2) is 48.5 Å². The molecule has 1 atom stereocenters. The lowest BCUT2D eigenvalue weighted by Crippen LogP contribution is -2.11. The number of nitrogens with one attached hydrogen (secondary N) is 1. The molecule has 1 N–H and O–H groups in total. The molecule has 0 aliphatic rings. The van der Waals surface area contributed by atoms with Gasteiger partial charge in [-0.2, -0.15) is 5.26 Å². The average Bonchev–Trinajstić information content (AvgIpc) is 2.42. The van der Waals surface area contributed by atoms with E-state index in [1.54, 1.807) is 12.1 Å². The van der Waals surface area contributed by atoms with E-state index in [2.05, 4.69) is 11.4 Å². The van der Waals surface area contributed by atoms with Crippen molar-refractivity contribution in [1.29, 1.82) is 5.26 Å². The molecule has 2 aromatic rings. The van der Waals surface area contributed by atoms with Crippen molar-refractivity contribution in [2.45, 2.75) is 12.5 Å². The zero-order chi connectivity index (χ0) is 13.7. The van der Waals surface area contributed by atoms with Gasteiger partial charge in [0.05, 0.1) is 24.2 Å². The Hall–Kier alpha value is -2.05. The highest BCUT2D eigenvalue weighted by Crippen LogP contribution is 2.25. The summed E-state index contributed by atoms with van der Waals surface area (Å²) in [5, 5.41) is 12.3. The molecule has 0 spiro atoms. The highest BCUT2D eigenvalue weighted by Gasteiger charge is 2.13. The van der Waals surface area contributed by atoms with Gasteiger partial charge in [-0.3, -0.25) is 0 Å². The van der Waals surface area contributed by atoms with Crippen LogP contribution in [0.25, 0.3) is 0 Å². The predicted molar refractivity (Wildman–Crippen MR) is 74.4 cm³/mol. The maximum Gasteiger partial charge on any atom is 0.147 e. The second-order valence-electron chi connectivity index (χ2n) is 4.09. The first-order valence-corrected chi connectivity index (χ1v) is 6.22. The van der Waals surface area contributed by atoms with Gasteiger partial charge < -0.3 is 5.32 Å². The largest absolute Gasteiger partial charge is 0.375 e. The van der Waals surface area contributed by atoms with E-state index in [4.69, 9.17) is 16.9 Å². The van der Waals surface area contributed by atoms with Crippen LogP contribution in [-0.4, -0.2) is 0 Å². The van der Waals surface area contributed by atoms with E-state index < -0.39 is 5.82 Å². The topological polar surface area (TPSA) is 35.8 Å². The van der Waals surface area contributed by atoms with E-state index in [1.807, 2.05) is 30.3 Å². The van der Waals surface area contributed by atoms with E-state index in [0.29, 0.717) is 10.7 Å². The summed E-state index contributed by atoms with van der Waals surface area (Å²) in [5.41, 5.74) is 1.28. The van der Waals surface area contributed by atoms with Gasteiger partial charge in [0, 0.05) is 5.02 Å². The maximum absolute atomic E-state index is 13.7. The van der Waals surface area contributed by atoms with E-state index in [0.717, 1.165) is 5.56 Å². The number of rotatable bonds is 4. The summed E-state index contributed by atoms with van der Waals surface area (Å²) in [6.45, 7) is 0. The Kier molecular flexibility index (Phi) is 4.38. The van der Waals surface area contributed by atoms with Crippen LogP contribution in [0.1, 0.15) is 18.0 Å². The predicted octanol–water partition coefficient (Wildman–Crippen LogP) is 4.55.